The van der Waals surface area contributed by atoms with Crippen LogP contribution >= 0.6 is 0 Å². The Balaban J connectivity index is 3.02. The molecule has 0 saturated heterocycles. The second kappa shape index (κ2) is 4.90. The number of aromatic carboxylic acids is 1. The smallest absolute Gasteiger partial charge is 0.362 e. The predicted octanol–water partition coefficient (Wildman–Crippen LogP) is 1.47. The molecule has 0 amide bonds. The Morgan fingerprint density at radius 3 is 2.87 bits per heavy atom. The highest BCUT2D eigenvalue weighted by molar-refractivity contribution is 6.00. The second-order valence-corrected chi connectivity index (χ2v) is 2.58. The first-order valence-corrected chi connectivity index (χ1v) is 4.17. The van der Waals surface area contributed by atoms with Gasteiger partial charge in [0.05, 0.1) is 11.8 Å². The largest absolute Gasteiger partial charge is 0.478 e. The van der Waals surface area contributed by atoms with E-state index in [1.165, 1.54) is 30.7 Å². The lowest BCUT2D eigenvalue weighted by atomic mass is 10.2. The average Bonchev–Trinajstić information content (AvgIpc) is 2.25. The zero-order chi connectivity index (χ0) is 11.3. The summed E-state index contributed by atoms with van der Waals surface area (Å²) >= 11 is 0. The molecular weight excluding hydrogens is 198 g/mol. The van der Waals surface area contributed by atoms with Gasteiger partial charge in [0.1, 0.15) is 0 Å². The van der Waals surface area contributed by atoms with Crippen molar-refractivity contribution in [3.63, 3.8) is 0 Å². The van der Waals surface area contributed by atoms with E-state index in [2.05, 4.69) is 9.72 Å². The summed E-state index contributed by atoms with van der Waals surface area (Å²) in [7, 11) is 0. The average molecular weight is 207 g/mol. The molecule has 1 aromatic rings. The minimum atomic E-state index is -1.21. The molecule has 0 fully saturated rings. The fourth-order valence-corrected chi connectivity index (χ4v) is 0.926. The molecule has 1 aromatic heterocycles. The molecule has 15 heavy (non-hydrogen) atoms. The number of ether oxygens (including phenoxy) is 1. The van der Waals surface area contributed by atoms with Crippen LogP contribution in [0.2, 0.25) is 0 Å². The van der Waals surface area contributed by atoms with Gasteiger partial charge in [0.15, 0.2) is 5.69 Å². The number of allylic oxidation sites excluding steroid dienone is 1. The Labute approximate surface area is 86.0 Å². The summed E-state index contributed by atoms with van der Waals surface area (Å²) < 4.78 is 4.62. The number of pyridine rings is 1. The molecule has 0 spiro atoms. The molecular formula is C10H9NO4. The summed E-state index contributed by atoms with van der Waals surface area (Å²) in [6.07, 6.45) is 4.02. The molecule has 0 atom stereocenters. The van der Waals surface area contributed by atoms with Crippen molar-refractivity contribution >= 4 is 11.9 Å². The quantitative estimate of drug-likeness (QED) is 0.599. The third-order valence-corrected chi connectivity index (χ3v) is 1.54. The lowest BCUT2D eigenvalue weighted by Crippen LogP contribution is -2.11. The second-order valence-electron chi connectivity index (χ2n) is 2.58. The van der Waals surface area contributed by atoms with Gasteiger partial charge in [-0.15, -0.1) is 0 Å². The van der Waals surface area contributed by atoms with Crippen LogP contribution in [0, 0.1) is 0 Å². The molecule has 1 heterocycles. The minimum Gasteiger partial charge on any atom is -0.478 e. The van der Waals surface area contributed by atoms with Crippen LogP contribution in [-0.4, -0.2) is 22.0 Å². The molecule has 1 rings (SSSR count). The number of rotatable bonds is 3. The maximum absolute atomic E-state index is 11.3. The molecule has 0 aliphatic rings. The molecule has 0 aliphatic carbocycles. The minimum absolute atomic E-state index is 0.174. The van der Waals surface area contributed by atoms with Crippen LogP contribution in [0.15, 0.2) is 30.7 Å². The Morgan fingerprint density at radius 1 is 1.53 bits per heavy atom. The summed E-state index contributed by atoms with van der Waals surface area (Å²) in [6.45, 7) is 1.67. The molecule has 0 saturated carbocycles. The third-order valence-electron chi connectivity index (χ3n) is 1.54. The maximum Gasteiger partial charge on any atom is 0.362 e. The molecule has 1 N–H and O–H groups in total. The van der Waals surface area contributed by atoms with Crippen molar-refractivity contribution in [3.05, 3.63) is 41.9 Å². The Morgan fingerprint density at radius 2 is 2.27 bits per heavy atom. The maximum atomic E-state index is 11.3. The van der Waals surface area contributed by atoms with Crippen molar-refractivity contribution in [3.8, 4) is 0 Å². The number of carboxylic acid groups (broad SMARTS) is 1. The zero-order valence-electron chi connectivity index (χ0n) is 8.01. The van der Waals surface area contributed by atoms with Gasteiger partial charge in [-0.05, 0) is 19.1 Å². The first-order chi connectivity index (χ1) is 7.16. The first kappa shape index (κ1) is 10.9. The van der Waals surface area contributed by atoms with Gasteiger partial charge in [-0.25, -0.2) is 14.6 Å². The highest BCUT2D eigenvalue weighted by Crippen LogP contribution is 2.07. The Hall–Kier alpha value is -2.17. The number of carbonyl (C=O) groups excluding carboxylic acids is 1. The van der Waals surface area contributed by atoms with Gasteiger partial charge in [0.2, 0.25) is 0 Å². The standard InChI is InChI=1S/C10H9NO4/c1-2-6-15-10(14)8-7(9(12)13)4-3-5-11-8/h2-6H,1H3,(H,12,13). The highest BCUT2D eigenvalue weighted by atomic mass is 16.5. The van der Waals surface area contributed by atoms with E-state index < -0.39 is 11.9 Å². The van der Waals surface area contributed by atoms with E-state index in [1.807, 2.05) is 0 Å². The number of carbonyl (C=O) groups is 2. The summed E-state index contributed by atoms with van der Waals surface area (Å²) in [4.78, 5) is 25.7. The number of nitrogens with zero attached hydrogens (tertiary/aromatic N) is 1. The highest BCUT2D eigenvalue weighted by Gasteiger charge is 2.17. The van der Waals surface area contributed by atoms with E-state index in [9.17, 15) is 9.59 Å². The molecule has 5 heteroatoms. The molecule has 0 bridgehead atoms. The van der Waals surface area contributed by atoms with Crippen LogP contribution in [0.5, 0.6) is 0 Å². The van der Waals surface area contributed by atoms with Crippen LogP contribution in [0.3, 0.4) is 0 Å². The van der Waals surface area contributed by atoms with Crippen molar-refractivity contribution in [2.24, 2.45) is 0 Å². The third kappa shape index (κ3) is 2.63. The molecule has 78 valence electrons. The van der Waals surface area contributed by atoms with E-state index >= 15 is 0 Å². The summed E-state index contributed by atoms with van der Waals surface area (Å²) in [6, 6.07) is 2.73. The monoisotopic (exact) mass is 207 g/mol. The molecule has 0 unspecified atom stereocenters. The molecule has 0 aliphatic heterocycles. The van der Waals surface area contributed by atoms with Crippen molar-refractivity contribution in [2.45, 2.75) is 6.92 Å². The molecule has 0 aromatic carbocycles. The van der Waals surface area contributed by atoms with Gasteiger partial charge in [0, 0.05) is 6.20 Å². The van der Waals surface area contributed by atoms with Gasteiger partial charge in [-0.3, -0.25) is 0 Å². The number of carboxylic acids is 1. The normalized spacial score (nSPS) is 10.2. The first-order valence-electron chi connectivity index (χ1n) is 4.17. The van der Waals surface area contributed by atoms with Crippen LogP contribution in [0.25, 0.3) is 0 Å². The van der Waals surface area contributed by atoms with Gasteiger partial charge in [-0.1, -0.05) is 6.08 Å². The van der Waals surface area contributed by atoms with Crippen LogP contribution in [0.1, 0.15) is 27.8 Å². The van der Waals surface area contributed by atoms with E-state index in [0.29, 0.717) is 0 Å². The predicted molar refractivity (Wildman–Crippen MR) is 51.4 cm³/mol. The summed E-state index contributed by atoms with van der Waals surface area (Å²) in [5.74, 6) is -2.00. The number of hydrogen-bond donors (Lipinski definition) is 1. The van der Waals surface area contributed by atoms with Crippen molar-refractivity contribution < 1.29 is 19.4 Å². The van der Waals surface area contributed by atoms with E-state index in [4.69, 9.17) is 5.11 Å². The number of esters is 1. The fraction of sp³-hybridized carbons (Fsp3) is 0.100. The van der Waals surface area contributed by atoms with Gasteiger partial charge < -0.3 is 9.84 Å². The van der Waals surface area contributed by atoms with Crippen LogP contribution in [-0.2, 0) is 4.74 Å². The zero-order valence-corrected chi connectivity index (χ0v) is 8.01. The van der Waals surface area contributed by atoms with Gasteiger partial charge >= 0.3 is 11.9 Å². The van der Waals surface area contributed by atoms with Crippen molar-refractivity contribution in [2.75, 3.05) is 0 Å². The number of aromatic nitrogens is 1. The van der Waals surface area contributed by atoms with Crippen molar-refractivity contribution in [1.29, 1.82) is 0 Å². The van der Waals surface area contributed by atoms with Gasteiger partial charge in [-0.2, -0.15) is 0 Å². The summed E-state index contributed by atoms with van der Waals surface area (Å²) in [5, 5.41) is 8.77. The van der Waals surface area contributed by atoms with E-state index in [-0.39, 0.29) is 11.3 Å². The lowest BCUT2D eigenvalue weighted by molar-refractivity contribution is 0.0625. The molecule has 0 radical (unpaired) electrons. The fourth-order valence-electron chi connectivity index (χ4n) is 0.926. The SMILES string of the molecule is CC=COC(=O)c1ncccc1C(=O)O. The summed E-state index contributed by atoms with van der Waals surface area (Å²) in [5.41, 5.74) is -0.380. The number of hydrogen-bond acceptors (Lipinski definition) is 4. The Kier molecular flexibility index (Phi) is 3.56. The topological polar surface area (TPSA) is 76.5 Å². The molecule has 5 nitrogen and oxygen atoms in total. The van der Waals surface area contributed by atoms with E-state index in [0.717, 1.165) is 0 Å². The van der Waals surface area contributed by atoms with Crippen LogP contribution < -0.4 is 0 Å². The van der Waals surface area contributed by atoms with Crippen molar-refractivity contribution in [1.82, 2.24) is 4.98 Å². The lowest BCUT2D eigenvalue weighted by Gasteiger charge is -2.01. The van der Waals surface area contributed by atoms with Crippen LogP contribution in [0.4, 0.5) is 0 Å². The Bertz CT molecular complexity index is 412. The van der Waals surface area contributed by atoms with Gasteiger partial charge in [0.25, 0.3) is 0 Å². The van der Waals surface area contributed by atoms with E-state index in [1.54, 1.807) is 6.92 Å².